The number of rotatable bonds is 7. The molecule has 0 fully saturated rings. The summed E-state index contributed by atoms with van der Waals surface area (Å²) in [6, 6.07) is 12.3. The third-order valence-electron chi connectivity index (χ3n) is 5.64. The van der Waals surface area contributed by atoms with Crippen molar-refractivity contribution >= 4 is 27.7 Å². The molecule has 2 aromatic carbocycles. The Kier molecular flexibility index (Phi) is 6.54. The van der Waals surface area contributed by atoms with Crippen LogP contribution in [0.2, 0.25) is 0 Å². The number of carbonyl (C=O) groups is 2. The zero-order valence-electron chi connectivity index (χ0n) is 19.2. The number of carbonyl (C=O) groups excluding carboxylic acids is 2. The van der Waals surface area contributed by atoms with Gasteiger partial charge in [0.2, 0.25) is 21.8 Å². The molecule has 34 heavy (non-hydrogen) atoms. The van der Waals surface area contributed by atoms with Crippen LogP contribution in [0.4, 0.5) is 5.82 Å². The molecule has 0 spiro atoms. The molecule has 0 aliphatic carbocycles. The van der Waals surface area contributed by atoms with E-state index in [2.05, 4.69) is 15.1 Å². The van der Waals surface area contributed by atoms with Crippen molar-refractivity contribution < 1.29 is 22.7 Å². The van der Waals surface area contributed by atoms with Crippen molar-refractivity contribution in [3.63, 3.8) is 0 Å². The van der Waals surface area contributed by atoms with Crippen LogP contribution in [0.25, 0.3) is 11.1 Å². The van der Waals surface area contributed by atoms with Crippen molar-refractivity contribution in [1.82, 2.24) is 14.5 Å². The molecule has 1 aliphatic rings. The second kappa shape index (κ2) is 9.40. The Morgan fingerprint density at radius 1 is 1.15 bits per heavy atom. The molecule has 0 bridgehead atoms. The number of nitrogens with zero attached hydrogens (tertiary/aromatic N) is 2. The van der Waals surface area contributed by atoms with Crippen molar-refractivity contribution in [2.45, 2.75) is 44.6 Å². The Morgan fingerprint density at radius 3 is 2.65 bits per heavy atom. The van der Waals surface area contributed by atoms with Crippen molar-refractivity contribution in [1.29, 1.82) is 0 Å². The van der Waals surface area contributed by atoms with Gasteiger partial charge in [-0.3, -0.25) is 9.59 Å². The number of aromatic nitrogens is 2. The van der Waals surface area contributed by atoms with Crippen molar-refractivity contribution in [2.75, 3.05) is 12.4 Å². The van der Waals surface area contributed by atoms with Gasteiger partial charge in [-0.2, -0.15) is 9.78 Å². The summed E-state index contributed by atoms with van der Waals surface area (Å²) in [6.45, 7) is 3.93. The zero-order chi connectivity index (χ0) is 24.5. The predicted octanol–water partition coefficient (Wildman–Crippen LogP) is 3.28. The molecule has 9 nitrogen and oxygen atoms in total. The van der Waals surface area contributed by atoms with E-state index in [1.165, 1.54) is 17.9 Å². The number of anilines is 1. The van der Waals surface area contributed by atoms with Crippen LogP contribution in [0.1, 0.15) is 41.4 Å². The number of hydrogen-bond acceptors (Lipinski definition) is 6. The van der Waals surface area contributed by atoms with Gasteiger partial charge in [0.1, 0.15) is 16.5 Å². The Bertz CT molecular complexity index is 1380. The molecule has 1 aliphatic heterocycles. The van der Waals surface area contributed by atoms with Gasteiger partial charge in [0.15, 0.2) is 0 Å². The molecule has 0 unspecified atom stereocenters. The molecule has 3 aromatic rings. The second-order valence-corrected chi connectivity index (χ2v) is 9.79. The van der Waals surface area contributed by atoms with Crippen LogP contribution in [0.3, 0.4) is 0 Å². The van der Waals surface area contributed by atoms with Gasteiger partial charge < -0.3 is 10.1 Å². The first-order chi connectivity index (χ1) is 16.2. The van der Waals surface area contributed by atoms with Crippen LogP contribution < -0.4 is 14.8 Å². The topological polar surface area (TPSA) is 119 Å². The first kappa shape index (κ1) is 23.7. The highest BCUT2D eigenvalue weighted by Gasteiger charge is 2.28. The van der Waals surface area contributed by atoms with Gasteiger partial charge in [-0.05, 0) is 36.6 Å². The van der Waals surface area contributed by atoms with Crippen molar-refractivity contribution in [3.8, 4) is 16.9 Å². The summed E-state index contributed by atoms with van der Waals surface area (Å²) in [4.78, 5) is 24.7. The monoisotopic (exact) mass is 482 g/mol. The van der Waals surface area contributed by atoms with E-state index in [1.807, 2.05) is 38.1 Å². The molecular formula is C24H26N4O5S. The maximum Gasteiger partial charge on any atom is 0.249 e. The van der Waals surface area contributed by atoms with Crippen LogP contribution in [-0.2, 0) is 27.8 Å². The fourth-order valence-electron chi connectivity index (χ4n) is 3.95. The molecule has 4 rings (SSSR count). The third kappa shape index (κ3) is 4.59. The minimum absolute atomic E-state index is 0.0477. The number of nitrogens with one attached hydrogen (secondary N) is 2. The number of sulfonamides is 1. The first-order valence-electron chi connectivity index (χ1n) is 10.9. The second-order valence-electron chi connectivity index (χ2n) is 8.06. The highest BCUT2D eigenvalue weighted by atomic mass is 32.2. The molecule has 0 radical (unpaired) electrons. The largest absolute Gasteiger partial charge is 0.495 e. The minimum atomic E-state index is -3.95. The van der Waals surface area contributed by atoms with E-state index in [4.69, 9.17) is 4.74 Å². The van der Waals surface area contributed by atoms with E-state index in [1.54, 1.807) is 12.1 Å². The van der Waals surface area contributed by atoms with Gasteiger partial charge in [0.25, 0.3) is 0 Å². The fourth-order valence-corrected chi connectivity index (χ4v) is 5.16. The highest BCUT2D eigenvalue weighted by Crippen LogP contribution is 2.37. The zero-order valence-corrected chi connectivity index (χ0v) is 20.0. The summed E-state index contributed by atoms with van der Waals surface area (Å²) in [6.07, 6.45) is 0.598. The number of hydrogen-bond donors (Lipinski definition) is 2. The quantitative estimate of drug-likeness (QED) is 0.533. The van der Waals surface area contributed by atoms with E-state index in [-0.39, 0.29) is 47.7 Å². The standard InChI is InChI=1S/C24H26N4O5S/c1-4-18-23(24-26-21(29)10-11-22(30)28(24)27-18)17-8-9-19(33-3)20(13-17)34(31,32)25-14-16-7-5-6-15(2)12-16/h5-9,12-13,25H,4,10-11,14H2,1-3H3,(H,26,29). The lowest BCUT2D eigenvalue weighted by atomic mass is 10.0. The average Bonchev–Trinajstić information content (AvgIpc) is 3.12. The molecule has 1 aromatic heterocycles. The fraction of sp³-hybridized carbons (Fsp3) is 0.292. The Morgan fingerprint density at radius 2 is 1.94 bits per heavy atom. The summed E-state index contributed by atoms with van der Waals surface area (Å²) in [5, 5.41) is 7.15. The Hall–Kier alpha value is -3.50. The van der Waals surface area contributed by atoms with E-state index in [9.17, 15) is 18.0 Å². The molecule has 2 heterocycles. The number of ether oxygens (including phenoxy) is 1. The van der Waals surface area contributed by atoms with Crippen LogP contribution >= 0.6 is 0 Å². The maximum absolute atomic E-state index is 13.3. The molecule has 0 saturated carbocycles. The smallest absolute Gasteiger partial charge is 0.249 e. The van der Waals surface area contributed by atoms with E-state index >= 15 is 0 Å². The van der Waals surface area contributed by atoms with Gasteiger partial charge in [-0.1, -0.05) is 42.8 Å². The lowest BCUT2D eigenvalue weighted by Gasteiger charge is -2.14. The summed E-state index contributed by atoms with van der Waals surface area (Å²) >= 11 is 0. The van der Waals surface area contributed by atoms with Gasteiger partial charge in [-0.15, -0.1) is 0 Å². The number of fused-ring (bicyclic) bond motifs is 1. The lowest BCUT2D eigenvalue weighted by Crippen LogP contribution is -2.24. The molecule has 1 amide bonds. The van der Waals surface area contributed by atoms with Crippen molar-refractivity contribution in [3.05, 3.63) is 59.3 Å². The number of aryl methyl sites for hydroxylation is 2. The molecular weight excluding hydrogens is 456 g/mol. The van der Waals surface area contributed by atoms with Crippen LogP contribution in [0.15, 0.2) is 47.4 Å². The van der Waals surface area contributed by atoms with Gasteiger partial charge >= 0.3 is 0 Å². The maximum atomic E-state index is 13.3. The van der Waals surface area contributed by atoms with E-state index in [0.717, 1.165) is 11.1 Å². The number of methoxy groups -OCH3 is 1. The third-order valence-corrected chi connectivity index (χ3v) is 7.07. The predicted molar refractivity (Wildman–Crippen MR) is 127 cm³/mol. The average molecular weight is 483 g/mol. The van der Waals surface area contributed by atoms with Gasteiger partial charge in [-0.25, -0.2) is 13.1 Å². The first-order valence-corrected chi connectivity index (χ1v) is 12.4. The normalized spacial score (nSPS) is 13.9. The summed E-state index contributed by atoms with van der Waals surface area (Å²) in [5.74, 6) is -0.157. The Labute approximate surface area is 198 Å². The molecule has 178 valence electrons. The molecule has 10 heteroatoms. The summed E-state index contributed by atoms with van der Waals surface area (Å²) in [5.41, 5.74) is 3.46. The van der Waals surface area contributed by atoms with E-state index < -0.39 is 10.0 Å². The van der Waals surface area contributed by atoms with Gasteiger partial charge in [0.05, 0.1) is 12.8 Å². The van der Waals surface area contributed by atoms with Crippen molar-refractivity contribution in [2.24, 2.45) is 0 Å². The van der Waals surface area contributed by atoms with E-state index in [0.29, 0.717) is 23.2 Å². The number of amides is 1. The van der Waals surface area contributed by atoms with Crippen LogP contribution in [-0.4, -0.2) is 37.1 Å². The molecule has 2 N–H and O–H groups in total. The number of benzene rings is 2. The molecule has 0 saturated heterocycles. The van der Waals surface area contributed by atoms with Crippen LogP contribution in [0.5, 0.6) is 5.75 Å². The summed E-state index contributed by atoms with van der Waals surface area (Å²) in [7, 11) is -2.55. The molecule has 0 atom stereocenters. The SMILES string of the molecule is CCc1nn2c(c1-c1ccc(OC)c(S(=O)(=O)NCc3cccc(C)c3)c1)NC(=O)CCC2=O. The lowest BCUT2D eigenvalue weighted by molar-refractivity contribution is -0.116. The highest BCUT2D eigenvalue weighted by molar-refractivity contribution is 7.89. The minimum Gasteiger partial charge on any atom is -0.495 e. The Balaban J connectivity index is 1.78. The van der Waals surface area contributed by atoms with Gasteiger partial charge in [0, 0.05) is 24.9 Å². The van der Waals surface area contributed by atoms with Crippen LogP contribution in [0, 0.1) is 6.92 Å². The summed E-state index contributed by atoms with van der Waals surface area (Å²) < 4.78 is 35.7.